The Kier molecular flexibility index (Phi) is 6.29. The summed E-state index contributed by atoms with van der Waals surface area (Å²) >= 11 is 0. The van der Waals surface area contributed by atoms with Crippen molar-refractivity contribution in [2.75, 3.05) is 0 Å². The van der Waals surface area contributed by atoms with E-state index in [0.717, 1.165) is 16.7 Å². The molecule has 7 nitrogen and oxygen atoms in total. The van der Waals surface area contributed by atoms with E-state index in [1.165, 1.54) is 6.20 Å². The lowest BCUT2D eigenvalue weighted by Gasteiger charge is -2.20. The lowest BCUT2D eigenvalue weighted by atomic mass is 9.95. The van der Waals surface area contributed by atoms with Gasteiger partial charge in [-0.2, -0.15) is 0 Å². The lowest BCUT2D eigenvalue weighted by Crippen LogP contribution is -2.38. The number of nitrogens with one attached hydrogen (secondary N) is 2. The first-order valence-corrected chi connectivity index (χ1v) is 9.29. The minimum Gasteiger partial charge on any atom is -0.481 e. The number of carbonyl (C=O) groups excluding carboxylic acids is 1. The monoisotopic (exact) mass is 394 g/mol. The fourth-order valence-electron chi connectivity index (χ4n) is 3.12. The maximum Gasteiger partial charge on any atom is 0.416 e. The molecule has 1 aromatic heterocycles. The van der Waals surface area contributed by atoms with Crippen LogP contribution < -0.4 is 11.1 Å². The molecule has 7 heteroatoms. The third-order valence-corrected chi connectivity index (χ3v) is 4.69. The van der Waals surface area contributed by atoms with E-state index in [1.807, 2.05) is 54.6 Å². The molecule has 150 valence electrons. The molecule has 1 amide bonds. The Labute approximate surface area is 167 Å². The van der Waals surface area contributed by atoms with E-state index >= 15 is 0 Å². The van der Waals surface area contributed by atoms with Gasteiger partial charge in [-0.25, -0.2) is 4.79 Å². The van der Waals surface area contributed by atoms with Crippen molar-refractivity contribution in [2.45, 2.75) is 25.8 Å². The Morgan fingerprint density at radius 2 is 1.72 bits per heavy atom. The van der Waals surface area contributed by atoms with Crippen LogP contribution in [0.15, 0.2) is 70.0 Å². The number of aromatic amines is 1. The Bertz CT molecular complexity index is 1020. The highest BCUT2D eigenvalue weighted by Crippen LogP contribution is 2.20. The van der Waals surface area contributed by atoms with Crippen LogP contribution in [0.1, 0.15) is 29.5 Å². The van der Waals surface area contributed by atoms with Gasteiger partial charge in [-0.1, -0.05) is 61.5 Å². The minimum absolute atomic E-state index is 0.137. The molecule has 0 bridgehead atoms. The van der Waals surface area contributed by atoms with Gasteiger partial charge >= 0.3 is 11.7 Å². The average Bonchev–Trinajstić information content (AvgIpc) is 3.15. The van der Waals surface area contributed by atoms with Crippen molar-refractivity contribution < 1.29 is 19.1 Å². The summed E-state index contributed by atoms with van der Waals surface area (Å²) < 4.78 is 4.77. The zero-order valence-corrected chi connectivity index (χ0v) is 15.9. The summed E-state index contributed by atoms with van der Waals surface area (Å²) in [6, 6.07) is 17.4. The molecule has 0 aliphatic carbocycles. The summed E-state index contributed by atoms with van der Waals surface area (Å²) in [5.74, 6) is -2.99. The van der Waals surface area contributed by atoms with Gasteiger partial charge in [-0.3, -0.25) is 14.6 Å². The van der Waals surface area contributed by atoms with Crippen LogP contribution in [0.3, 0.4) is 0 Å². The summed E-state index contributed by atoms with van der Waals surface area (Å²) in [4.78, 5) is 37.0. The van der Waals surface area contributed by atoms with Crippen molar-refractivity contribution in [3.8, 4) is 11.1 Å². The second kappa shape index (κ2) is 9.05. The molecule has 2 atom stereocenters. The number of rotatable bonds is 8. The van der Waals surface area contributed by atoms with Crippen molar-refractivity contribution in [2.24, 2.45) is 5.92 Å². The first-order valence-electron chi connectivity index (χ1n) is 9.29. The Morgan fingerprint density at radius 1 is 1.07 bits per heavy atom. The quantitative estimate of drug-likeness (QED) is 0.543. The number of aromatic nitrogens is 1. The number of carbonyl (C=O) groups is 2. The van der Waals surface area contributed by atoms with E-state index < -0.39 is 29.6 Å². The van der Waals surface area contributed by atoms with Crippen LogP contribution in [-0.4, -0.2) is 28.0 Å². The van der Waals surface area contributed by atoms with Crippen LogP contribution in [-0.2, 0) is 11.2 Å². The molecule has 0 radical (unpaired) electrons. The smallest absolute Gasteiger partial charge is 0.416 e. The van der Waals surface area contributed by atoms with Crippen molar-refractivity contribution in [1.82, 2.24) is 10.3 Å². The zero-order valence-electron chi connectivity index (χ0n) is 15.9. The molecule has 3 N–H and O–H groups in total. The summed E-state index contributed by atoms with van der Waals surface area (Å²) in [5.41, 5.74) is 3.14. The van der Waals surface area contributed by atoms with Gasteiger partial charge in [0.1, 0.15) is 0 Å². The third kappa shape index (κ3) is 5.44. The molecule has 2 aromatic carbocycles. The predicted molar refractivity (Wildman–Crippen MR) is 108 cm³/mol. The van der Waals surface area contributed by atoms with Gasteiger partial charge < -0.3 is 14.8 Å². The maximum atomic E-state index is 12.3. The molecule has 0 aliphatic rings. The number of H-pyrrole nitrogens is 1. The van der Waals surface area contributed by atoms with Gasteiger partial charge in [0.15, 0.2) is 0 Å². The van der Waals surface area contributed by atoms with Crippen molar-refractivity contribution in [3.05, 3.63) is 82.7 Å². The summed E-state index contributed by atoms with van der Waals surface area (Å²) in [5, 5.41) is 12.0. The highest BCUT2D eigenvalue weighted by atomic mass is 16.4. The Balaban J connectivity index is 1.74. The SMILES string of the molecule is CC(CC(Cc1ccc(-c2ccccc2)cc1)NC(=O)c1c[nH]c(=O)o1)C(=O)O. The standard InChI is InChI=1S/C22H22N2O5/c1-14(21(26)27)11-18(24-20(25)19-13-23-22(28)29-19)12-15-7-9-17(10-8-15)16-5-3-2-4-6-16/h2-10,13-14,18H,11-12H2,1H3,(H,23,28)(H,24,25)(H,26,27). The molecular formula is C22H22N2O5. The third-order valence-electron chi connectivity index (χ3n) is 4.69. The molecule has 1 heterocycles. The molecule has 3 rings (SSSR count). The molecule has 0 fully saturated rings. The van der Waals surface area contributed by atoms with Gasteiger partial charge in [0, 0.05) is 6.04 Å². The molecule has 0 spiro atoms. The largest absolute Gasteiger partial charge is 0.481 e. The molecule has 0 saturated heterocycles. The first kappa shape index (κ1) is 20.1. The molecule has 29 heavy (non-hydrogen) atoms. The number of hydrogen-bond acceptors (Lipinski definition) is 4. The minimum atomic E-state index is -0.933. The number of aliphatic carboxylic acids is 1. The van der Waals surface area contributed by atoms with Crippen LogP contribution in [0.25, 0.3) is 11.1 Å². The van der Waals surface area contributed by atoms with Crippen LogP contribution in [0.2, 0.25) is 0 Å². The van der Waals surface area contributed by atoms with E-state index in [2.05, 4.69) is 10.3 Å². The van der Waals surface area contributed by atoms with E-state index in [9.17, 15) is 19.5 Å². The second-order valence-corrected chi connectivity index (χ2v) is 6.95. The molecular weight excluding hydrogens is 372 g/mol. The van der Waals surface area contributed by atoms with E-state index in [0.29, 0.717) is 6.42 Å². The molecule has 2 unspecified atom stereocenters. The fourth-order valence-corrected chi connectivity index (χ4v) is 3.12. The van der Waals surface area contributed by atoms with Crippen molar-refractivity contribution in [1.29, 1.82) is 0 Å². The Morgan fingerprint density at radius 3 is 2.31 bits per heavy atom. The molecule has 3 aromatic rings. The van der Waals surface area contributed by atoms with Gasteiger partial charge in [0.2, 0.25) is 5.76 Å². The van der Waals surface area contributed by atoms with Crippen LogP contribution in [0, 0.1) is 5.92 Å². The number of carboxylic acids is 1. The topological polar surface area (TPSA) is 112 Å². The van der Waals surface area contributed by atoms with Gasteiger partial charge in [0.05, 0.1) is 12.1 Å². The van der Waals surface area contributed by atoms with E-state index in [4.69, 9.17) is 4.42 Å². The summed E-state index contributed by atoms with van der Waals surface area (Å²) in [6.07, 6.45) is 1.88. The summed E-state index contributed by atoms with van der Waals surface area (Å²) in [6.45, 7) is 1.59. The predicted octanol–water partition coefficient (Wildman–Crippen LogP) is 3.09. The normalized spacial score (nSPS) is 12.9. The average molecular weight is 394 g/mol. The maximum absolute atomic E-state index is 12.3. The highest BCUT2D eigenvalue weighted by Gasteiger charge is 2.22. The van der Waals surface area contributed by atoms with E-state index in [1.54, 1.807) is 6.92 Å². The van der Waals surface area contributed by atoms with Gasteiger partial charge in [-0.05, 0) is 29.5 Å². The number of hydrogen-bond donors (Lipinski definition) is 3. The number of carboxylic acid groups (broad SMARTS) is 1. The second-order valence-electron chi connectivity index (χ2n) is 6.95. The number of oxazole rings is 1. The number of benzene rings is 2. The van der Waals surface area contributed by atoms with E-state index in [-0.39, 0.29) is 12.2 Å². The fraction of sp³-hybridized carbons (Fsp3) is 0.227. The molecule has 0 saturated carbocycles. The first-order chi connectivity index (χ1) is 13.9. The van der Waals surface area contributed by atoms with Gasteiger partial charge in [0.25, 0.3) is 5.91 Å². The molecule has 0 aliphatic heterocycles. The van der Waals surface area contributed by atoms with Crippen LogP contribution in [0.5, 0.6) is 0 Å². The lowest BCUT2D eigenvalue weighted by molar-refractivity contribution is -0.141. The zero-order chi connectivity index (χ0) is 20.8. The summed E-state index contributed by atoms with van der Waals surface area (Å²) in [7, 11) is 0. The van der Waals surface area contributed by atoms with Crippen molar-refractivity contribution >= 4 is 11.9 Å². The van der Waals surface area contributed by atoms with Gasteiger partial charge in [-0.15, -0.1) is 0 Å². The Hall–Kier alpha value is -3.61. The highest BCUT2D eigenvalue weighted by molar-refractivity contribution is 5.91. The number of amides is 1. The van der Waals surface area contributed by atoms with Crippen LogP contribution in [0.4, 0.5) is 0 Å². The van der Waals surface area contributed by atoms with Crippen LogP contribution >= 0.6 is 0 Å². The van der Waals surface area contributed by atoms with Crippen molar-refractivity contribution in [3.63, 3.8) is 0 Å².